The summed E-state index contributed by atoms with van der Waals surface area (Å²) in [4.78, 5) is 23.0. The van der Waals surface area contributed by atoms with E-state index in [9.17, 15) is 14.7 Å². The summed E-state index contributed by atoms with van der Waals surface area (Å²) in [5.41, 5.74) is 2.39. The van der Waals surface area contributed by atoms with Gasteiger partial charge in [0.05, 0.1) is 0 Å². The molecule has 0 aromatic heterocycles. The third kappa shape index (κ3) is 4.79. The summed E-state index contributed by atoms with van der Waals surface area (Å²) in [5, 5.41) is 11.5. The van der Waals surface area contributed by atoms with Gasteiger partial charge in [-0.2, -0.15) is 0 Å². The molecule has 5 atom stereocenters. The van der Waals surface area contributed by atoms with E-state index in [1.807, 2.05) is 25.1 Å². The summed E-state index contributed by atoms with van der Waals surface area (Å²) in [6.45, 7) is 4.53. The lowest BCUT2D eigenvalue weighted by Crippen LogP contribution is -2.55. The van der Waals surface area contributed by atoms with Gasteiger partial charge < -0.3 is 19.3 Å². The second kappa shape index (κ2) is 9.21. The van der Waals surface area contributed by atoms with Gasteiger partial charge in [0.25, 0.3) is 0 Å². The number of carbonyl (C=O) groups is 2. The fourth-order valence-electron chi connectivity index (χ4n) is 2.94. The topological polar surface area (TPSA) is 82.1 Å². The Kier molecular flexibility index (Phi) is 7.52. The highest BCUT2D eigenvalue weighted by Gasteiger charge is 2.49. The first kappa shape index (κ1) is 21.2. The third-order valence-corrected chi connectivity index (χ3v) is 5.65. The molecule has 0 radical (unpaired) electrons. The average Bonchev–Trinajstić information content (AvgIpc) is 2.58. The standard InChI is InChI=1S/C18H23BrO6S/c1-9-5-6-12(7-13(9)8-19)15-16(23-10(2)20)14(22)17(24-11(3)21)18(25-15)26-4/h5-7,14-18,22H,8H2,1-4H3/t14-,15+,16-,17+,18-/m1/s1. The van der Waals surface area contributed by atoms with Crippen LogP contribution in [0, 0.1) is 6.92 Å². The molecule has 0 aliphatic carbocycles. The van der Waals surface area contributed by atoms with Gasteiger partial charge in [-0.15, -0.1) is 11.8 Å². The molecule has 1 aromatic rings. The van der Waals surface area contributed by atoms with Crippen LogP contribution in [0.15, 0.2) is 18.2 Å². The van der Waals surface area contributed by atoms with Crippen LogP contribution >= 0.6 is 27.7 Å². The number of benzene rings is 1. The van der Waals surface area contributed by atoms with Gasteiger partial charge in [0.1, 0.15) is 17.6 Å². The first-order chi connectivity index (χ1) is 12.3. The molecule has 2 rings (SSSR count). The number of aryl methyl sites for hydroxylation is 1. The van der Waals surface area contributed by atoms with E-state index in [4.69, 9.17) is 14.2 Å². The minimum absolute atomic E-state index is 0.534. The zero-order valence-electron chi connectivity index (χ0n) is 15.1. The Morgan fingerprint density at radius 3 is 2.38 bits per heavy atom. The fourth-order valence-corrected chi connectivity index (χ4v) is 4.26. The van der Waals surface area contributed by atoms with Crippen LogP contribution in [0.1, 0.15) is 36.6 Å². The quantitative estimate of drug-likeness (QED) is 0.549. The van der Waals surface area contributed by atoms with Crippen LogP contribution in [0.4, 0.5) is 0 Å². The zero-order valence-corrected chi connectivity index (χ0v) is 17.5. The van der Waals surface area contributed by atoms with Crippen LogP contribution in [0.25, 0.3) is 0 Å². The molecule has 1 heterocycles. The number of carbonyl (C=O) groups excluding carboxylic acids is 2. The summed E-state index contributed by atoms with van der Waals surface area (Å²) in [5.74, 6) is -1.08. The Morgan fingerprint density at radius 2 is 1.85 bits per heavy atom. The summed E-state index contributed by atoms with van der Waals surface area (Å²) >= 11 is 4.78. The van der Waals surface area contributed by atoms with E-state index in [-0.39, 0.29) is 0 Å². The number of aliphatic hydroxyl groups excluding tert-OH is 1. The van der Waals surface area contributed by atoms with Crippen molar-refractivity contribution in [2.75, 3.05) is 6.26 Å². The second-order valence-electron chi connectivity index (χ2n) is 6.12. The highest BCUT2D eigenvalue weighted by atomic mass is 79.9. The smallest absolute Gasteiger partial charge is 0.303 e. The number of esters is 2. The van der Waals surface area contributed by atoms with Crippen molar-refractivity contribution in [2.24, 2.45) is 0 Å². The van der Waals surface area contributed by atoms with Gasteiger partial charge >= 0.3 is 11.9 Å². The number of alkyl halides is 1. The van der Waals surface area contributed by atoms with Crippen LogP contribution < -0.4 is 0 Å². The Bertz CT molecular complexity index is 667. The van der Waals surface area contributed by atoms with Gasteiger partial charge in [0.2, 0.25) is 0 Å². The van der Waals surface area contributed by atoms with Crippen molar-refractivity contribution < 1.29 is 28.9 Å². The van der Waals surface area contributed by atoms with E-state index in [1.54, 1.807) is 6.26 Å². The van der Waals surface area contributed by atoms with Crippen LogP contribution in [0.3, 0.4) is 0 Å². The molecule has 1 N–H and O–H groups in total. The molecule has 26 heavy (non-hydrogen) atoms. The molecule has 0 bridgehead atoms. The first-order valence-corrected chi connectivity index (χ1v) is 10.6. The van der Waals surface area contributed by atoms with Crippen LogP contribution in [-0.2, 0) is 29.1 Å². The molecule has 0 amide bonds. The first-order valence-electron chi connectivity index (χ1n) is 8.14. The highest BCUT2D eigenvalue weighted by molar-refractivity contribution is 9.08. The zero-order chi connectivity index (χ0) is 19.4. The summed E-state index contributed by atoms with van der Waals surface area (Å²) in [6.07, 6.45) is -1.98. The molecule has 1 aliphatic rings. The monoisotopic (exact) mass is 446 g/mol. The van der Waals surface area contributed by atoms with Gasteiger partial charge in [0, 0.05) is 19.2 Å². The molecule has 8 heteroatoms. The van der Waals surface area contributed by atoms with Gasteiger partial charge in [-0.05, 0) is 29.9 Å². The fraction of sp³-hybridized carbons (Fsp3) is 0.556. The maximum Gasteiger partial charge on any atom is 0.303 e. The SMILES string of the molecule is CS[C@H]1O[C@@H](c2ccc(C)c(CBr)c2)[C@H](OC(C)=O)[C@@H](O)[C@@H]1OC(C)=O. The minimum atomic E-state index is -1.20. The molecule has 1 aliphatic heterocycles. The van der Waals surface area contributed by atoms with Gasteiger partial charge in [-0.1, -0.05) is 34.1 Å². The largest absolute Gasteiger partial charge is 0.456 e. The maximum absolute atomic E-state index is 11.6. The lowest BCUT2D eigenvalue weighted by Gasteiger charge is -2.43. The van der Waals surface area contributed by atoms with Crippen molar-refractivity contribution in [1.29, 1.82) is 0 Å². The Morgan fingerprint density at radius 1 is 1.23 bits per heavy atom. The molecular weight excluding hydrogens is 424 g/mol. The van der Waals surface area contributed by atoms with Crippen LogP contribution in [-0.4, -0.2) is 47.0 Å². The van der Waals surface area contributed by atoms with Crippen molar-refractivity contribution >= 4 is 39.6 Å². The van der Waals surface area contributed by atoms with E-state index in [2.05, 4.69) is 15.9 Å². The van der Waals surface area contributed by atoms with Crippen molar-refractivity contribution in [3.05, 3.63) is 34.9 Å². The normalized spacial score (nSPS) is 28.5. The molecule has 6 nitrogen and oxygen atoms in total. The van der Waals surface area contributed by atoms with E-state index in [1.165, 1.54) is 25.6 Å². The minimum Gasteiger partial charge on any atom is -0.456 e. The molecule has 0 spiro atoms. The Labute approximate surface area is 165 Å². The Balaban J connectivity index is 2.42. The van der Waals surface area contributed by atoms with E-state index < -0.39 is 41.8 Å². The van der Waals surface area contributed by atoms with Crippen molar-refractivity contribution in [2.45, 2.75) is 56.0 Å². The second-order valence-corrected chi connectivity index (χ2v) is 7.62. The number of thioether (sulfide) groups is 1. The average molecular weight is 447 g/mol. The van der Waals surface area contributed by atoms with Gasteiger partial charge in [-0.3, -0.25) is 9.59 Å². The molecule has 1 aromatic carbocycles. The number of hydrogen-bond acceptors (Lipinski definition) is 7. The predicted octanol–water partition coefficient (Wildman–Crippen LogP) is 2.87. The lowest BCUT2D eigenvalue weighted by molar-refractivity contribution is -0.224. The summed E-state index contributed by atoms with van der Waals surface area (Å²) in [7, 11) is 0. The number of aliphatic hydroxyl groups is 1. The number of ether oxygens (including phenoxy) is 3. The number of halogens is 1. The van der Waals surface area contributed by atoms with Gasteiger partial charge in [0.15, 0.2) is 12.2 Å². The van der Waals surface area contributed by atoms with Crippen molar-refractivity contribution in [1.82, 2.24) is 0 Å². The summed E-state index contributed by atoms with van der Waals surface area (Å²) in [6, 6.07) is 5.80. The maximum atomic E-state index is 11.6. The van der Waals surface area contributed by atoms with Gasteiger partial charge in [-0.25, -0.2) is 0 Å². The van der Waals surface area contributed by atoms with Crippen LogP contribution in [0.5, 0.6) is 0 Å². The third-order valence-electron chi connectivity index (χ3n) is 4.20. The number of hydrogen-bond donors (Lipinski definition) is 1. The summed E-state index contributed by atoms with van der Waals surface area (Å²) < 4.78 is 16.7. The lowest BCUT2D eigenvalue weighted by atomic mass is 9.92. The van der Waals surface area contributed by atoms with E-state index in [0.29, 0.717) is 5.33 Å². The molecule has 1 fully saturated rings. The van der Waals surface area contributed by atoms with Crippen molar-refractivity contribution in [3.63, 3.8) is 0 Å². The predicted molar refractivity (Wildman–Crippen MR) is 102 cm³/mol. The molecule has 1 saturated heterocycles. The molecule has 0 saturated carbocycles. The highest BCUT2D eigenvalue weighted by Crippen LogP contribution is 2.39. The number of rotatable bonds is 5. The molecule has 144 valence electrons. The van der Waals surface area contributed by atoms with E-state index in [0.717, 1.165) is 16.7 Å². The molecule has 0 unspecified atom stereocenters. The van der Waals surface area contributed by atoms with Crippen LogP contribution in [0.2, 0.25) is 0 Å². The van der Waals surface area contributed by atoms with E-state index >= 15 is 0 Å². The molecular formula is C18H23BrO6S. The van der Waals surface area contributed by atoms with Crippen molar-refractivity contribution in [3.8, 4) is 0 Å². The Hall–Kier alpha value is -1.09.